The van der Waals surface area contributed by atoms with E-state index in [1.165, 1.54) is 0 Å². The van der Waals surface area contributed by atoms with E-state index in [1.807, 2.05) is 63.2 Å². The fourth-order valence-corrected chi connectivity index (χ4v) is 6.02. The van der Waals surface area contributed by atoms with Crippen molar-refractivity contribution in [2.75, 3.05) is 21.3 Å². The van der Waals surface area contributed by atoms with Crippen molar-refractivity contribution in [1.29, 1.82) is 0 Å². The smallest absolute Gasteiger partial charge is 0.288 e. The number of benzene rings is 2. The molecule has 2 atom stereocenters. The Balaban J connectivity index is 1.82. The summed E-state index contributed by atoms with van der Waals surface area (Å²) < 4.78 is 24.7. The number of anilines is 2. The van der Waals surface area contributed by atoms with Gasteiger partial charge in [0.2, 0.25) is 0 Å². The highest BCUT2D eigenvalue weighted by molar-refractivity contribution is 7.91. The Morgan fingerprint density at radius 1 is 0.769 bits per heavy atom. The molecule has 2 aliphatic rings. The molecule has 0 spiro atoms. The third kappa shape index (κ3) is 2.78. The fraction of sp³-hybridized carbons (Fsp3) is 0.350. The molecule has 4 rings (SSSR count). The van der Waals surface area contributed by atoms with Crippen LogP contribution in [0.15, 0.2) is 42.5 Å². The number of fused-ring (bicyclic) bond motifs is 1. The van der Waals surface area contributed by atoms with Gasteiger partial charge in [0.25, 0.3) is 0 Å². The summed E-state index contributed by atoms with van der Waals surface area (Å²) >= 11 is 0. The van der Waals surface area contributed by atoms with Crippen LogP contribution in [-0.2, 0) is 9.84 Å². The molecule has 2 aromatic rings. The van der Waals surface area contributed by atoms with Gasteiger partial charge in [0.1, 0.15) is 0 Å². The van der Waals surface area contributed by atoms with Crippen LogP contribution in [0.25, 0.3) is 0 Å². The number of carbonyl (C=O) groups excluding carboxylic acids is 1. The predicted molar refractivity (Wildman–Crippen MR) is 104 cm³/mol. The standard InChI is InChI=1S/C20H22N2O3S/c1-13-4-6-16(7-5-13)21-18-11-26(24,25)12-19(18)22(20(21)23)17-9-14(2)8-15(3)10-17/h4-10,18-19H,11-12H2,1-3H3. The minimum atomic E-state index is -3.17. The highest BCUT2D eigenvalue weighted by Crippen LogP contribution is 2.38. The van der Waals surface area contributed by atoms with Crippen molar-refractivity contribution >= 4 is 27.2 Å². The van der Waals surface area contributed by atoms with Crippen LogP contribution in [0.4, 0.5) is 16.2 Å². The van der Waals surface area contributed by atoms with Gasteiger partial charge < -0.3 is 0 Å². The lowest BCUT2D eigenvalue weighted by atomic mass is 10.1. The highest BCUT2D eigenvalue weighted by atomic mass is 32.2. The molecular weight excluding hydrogens is 348 g/mol. The topological polar surface area (TPSA) is 57.7 Å². The second-order valence-corrected chi connectivity index (χ2v) is 9.57. The predicted octanol–water partition coefficient (Wildman–Crippen LogP) is 3.22. The van der Waals surface area contributed by atoms with Gasteiger partial charge in [-0.2, -0.15) is 0 Å². The van der Waals surface area contributed by atoms with E-state index in [2.05, 4.69) is 0 Å². The van der Waals surface area contributed by atoms with Crippen LogP contribution in [0.2, 0.25) is 0 Å². The Morgan fingerprint density at radius 2 is 1.27 bits per heavy atom. The van der Waals surface area contributed by atoms with E-state index in [4.69, 9.17) is 0 Å². The third-order valence-corrected chi connectivity index (χ3v) is 6.86. The second kappa shape index (κ2) is 5.84. The van der Waals surface area contributed by atoms with E-state index < -0.39 is 9.84 Å². The van der Waals surface area contributed by atoms with Crippen LogP contribution >= 0.6 is 0 Å². The maximum absolute atomic E-state index is 13.3. The Hall–Kier alpha value is -2.34. The molecule has 6 heteroatoms. The molecule has 2 aromatic carbocycles. The van der Waals surface area contributed by atoms with Crippen molar-refractivity contribution in [3.63, 3.8) is 0 Å². The third-order valence-electron chi connectivity index (χ3n) is 5.17. The van der Waals surface area contributed by atoms with E-state index in [0.717, 1.165) is 28.1 Å². The molecule has 5 nitrogen and oxygen atoms in total. The lowest BCUT2D eigenvalue weighted by Gasteiger charge is -2.23. The second-order valence-electron chi connectivity index (χ2n) is 7.42. The average Bonchev–Trinajstić information content (AvgIpc) is 2.96. The minimum Gasteiger partial charge on any atom is -0.288 e. The quantitative estimate of drug-likeness (QED) is 0.763. The molecule has 0 bridgehead atoms. The Bertz CT molecular complexity index is 962. The number of hydrogen-bond acceptors (Lipinski definition) is 3. The molecule has 0 aliphatic carbocycles. The molecule has 2 amide bonds. The number of urea groups is 1. The summed E-state index contributed by atoms with van der Waals surface area (Å²) in [4.78, 5) is 16.6. The molecule has 0 radical (unpaired) electrons. The first kappa shape index (κ1) is 17.1. The molecule has 0 aromatic heterocycles. The van der Waals surface area contributed by atoms with Crippen molar-refractivity contribution < 1.29 is 13.2 Å². The van der Waals surface area contributed by atoms with Crippen molar-refractivity contribution in [2.24, 2.45) is 0 Å². The molecule has 2 heterocycles. The van der Waals surface area contributed by atoms with Crippen molar-refractivity contribution in [1.82, 2.24) is 0 Å². The summed E-state index contributed by atoms with van der Waals surface area (Å²) in [6.07, 6.45) is 0. The molecule has 2 unspecified atom stereocenters. The summed E-state index contributed by atoms with van der Waals surface area (Å²) in [5, 5.41) is 0. The minimum absolute atomic E-state index is 0.0125. The van der Waals surface area contributed by atoms with Crippen LogP contribution in [0.3, 0.4) is 0 Å². The molecule has 2 aliphatic heterocycles. The lowest BCUT2D eigenvalue weighted by molar-refractivity contribution is 0.255. The van der Waals surface area contributed by atoms with E-state index in [-0.39, 0.29) is 29.6 Å². The van der Waals surface area contributed by atoms with Gasteiger partial charge in [0.05, 0.1) is 23.6 Å². The number of aryl methyl sites for hydroxylation is 3. The first-order chi connectivity index (χ1) is 12.2. The van der Waals surface area contributed by atoms with Crippen molar-refractivity contribution in [3.8, 4) is 0 Å². The number of hydrogen-bond donors (Lipinski definition) is 0. The SMILES string of the molecule is Cc1ccc(N2C(=O)N(c3cc(C)cc(C)c3)C3CS(=O)(=O)CC32)cc1. The zero-order valence-electron chi connectivity index (χ0n) is 15.1. The van der Waals surface area contributed by atoms with E-state index >= 15 is 0 Å². The average molecular weight is 370 g/mol. The van der Waals surface area contributed by atoms with Gasteiger partial charge in [-0.15, -0.1) is 0 Å². The highest BCUT2D eigenvalue weighted by Gasteiger charge is 2.54. The summed E-state index contributed by atoms with van der Waals surface area (Å²) in [5.74, 6) is 0.0251. The maximum Gasteiger partial charge on any atom is 0.329 e. The zero-order valence-corrected chi connectivity index (χ0v) is 16.0. The van der Waals surface area contributed by atoms with Crippen LogP contribution < -0.4 is 9.80 Å². The molecule has 0 saturated carbocycles. The Labute approximate surface area is 154 Å². The number of sulfone groups is 1. The van der Waals surface area contributed by atoms with E-state index in [1.54, 1.807) is 9.80 Å². The number of nitrogens with zero attached hydrogens (tertiary/aromatic N) is 2. The van der Waals surface area contributed by atoms with E-state index in [9.17, 15) is 13.2 Å². The summed E-state index contributed by atoms with van der Waals surface area (Å²) in [7, 11) is -3.17. The van der Waals surface area contributed by atoms with Gasteiger partial charge in [-0.1, -0.05) is 23.8 Å². The van der Waals surface area contributed by atoms with Gasteiger partial charge in [0.15, 0.2) is 9.84 Å². The molecule has 2 fully saturated rings. The van der Waals surface area contributed by atoms with Crippen LogP contribution in [0.5, 0.6) is 0 Å². The fourth-order valence-electron chi connectivity index (χ4n) is 4.10. The molecule has 2 saturated heterocycles. The normalized spacial score (nSPS) is 24.2. The first-order valence-corrected chi connectivity index (χ1v) is 10.6. The molecule has 136 valence electrons. The summed E-state index contributed by atoms with van der Waals surface area (Å²) in [5.41, 5.74) is 4.73. The van der Waals surface area contributed by atoms with Gasteiger partial charge >= 0.3 is 6.03 Å². The number of rotatable bonds is 2. The first-order valence-electron chi connectivity index (χ1n) is 8.73. The van der Waals surface area contributed by atoms with Gasteiger partial charge in [-0.3, -0.25) is 9.80 Å². The molecule has 0 N–H and O–H groups in total. The molecular formula is C20H22N2O3S. The Morgan fingerprint density at radius 3 is 1.81 bits per heavy atom. The monoisotopic (exact) mass is 370 g/mol. The lowest BCUT2D eigenvalue weighted by Crippen LogP contribution is -2.38. The van der Waals surface area contributed by atoms with E-state index in [0.29, 0.717) is 0 Å². The van der Waals surface area contributed by atoms with Crippen LogP contribution in [0, 0.1) is 20.8 Å². The zero-order chi connectivity index (χ0) is 18.6. The van der Waals surface area contributed by atoms with Crippen LogP contribution in [0.1, 0.15) is 16.7 Å². The number of amides is 2. The van der Waals surface area contributed by atoms with Crippen molar-refractivity contribution in [3.05, 3.63) is 59.2 Å². The Kier molecular flexibility index (Phi) is 3.84. The van der Waals surface area contributed by atoms with Gasteiger partial charge in [0, 0.05) is 11.4 Å². The van der Waals surface area contributed by atoms with Gasteiger partial charge in [-0.25, -0.2) is 13.2 Å². The summed E-state index contributed by atoms with van der Waals surface area (Å²) in [6, 6.07) is 12.8. The summed E-state index contributed by atoms with van der Waals surface area (Å²) in [6.45, 7) is 5.95. The maximum atomic E-state index is 13.3. The largest absolute Gasteiger partial charge is 0.329 e. The van der Waals surface area contributed by atoms with Gasteiger partial charge in [-0.05, 0) is 56.2 Å². The van der Waals surface area contributed by atoms with Crippen LogP contribution in [-0.4, -0.2) is 38.0 Å². The van der Waals surface area contributed by atoms with Crippen molar-refractivity contribution in [2.45, 2.75) is 32.9 Å². The molecule has 26 heavy (non-hydrogen) atoms. The number of carbonyl (C=O) groups is 1.